The summed E-state index contributed by atoms with van der Waals surface area (Å²) in [6.07, 6.45) is 0. The molecule has 2 aliphatic heterocycles. The summed E-state index contributed by atoms with van der Waals surface area (Å²) >= 11 is 0. The molecule has 0 bridgehead atoms. The van der Waals surface area contributed by atoms with Gasteiger partial charge in [0.1, 0.15) is 0 Å². The Bertz CT molecular complexity index is 2820. The Morgan fingerprint density at radius 3 is 0.864 bits per heavy atom. The maximum atomic E-state index is 6.52. The van der Waals surface area contributed by atoms with Crippen LogP contribution in [-0.4, -0.2) is 0 Å². The smallest absolute Gasteiger partial charge is 0.172 e. The summed E-state index contributed by atoms with van der Waals surface area (Å²) in [5.41, 5.74) is 11.8. The second kappa shape index (κ2) is 14.5. The summed E-state index contributed by atoms with van der Waals surface area (Å²) < 4.78 is 26.0. The first-order valence-electron chi connectivity index (χ1n) is 19.6. The van der Waals surface area contributed by atoms with Crippen molar-refractivity contribution in [2.24, 2.45) is 0 Å². The average Bonchev–Trinajstić information content (AvgIpc) is 3.31. The lowest BCUT2D eigenvalue weighted by Gasteiger charge is -2.29. The minimum absolute atomic E-state index is 0.628. The van der Waals surface area contributed by atoms with E-state index in [1.807, 2.05) is 91.0 Å². The monoisotopic (exact) mass is 761 g/mol. The molecule has 280 valence electrons. The van der Waals surface area contributed by atoms with Gasteiger partial charge in [0.2, 0.25) is 0 Å². The van der Waals surface area contributed by atoms with Crippen LogP contribution in [0.5, 0.6) is 46.0 Å². The van der Waals surface area contributed by atoms with Crippen molar-refractivity contribution in [3.05, 3.63) is 212 Å². The van der Waals surface area contributed by atoms with Crippen LogP contribution >= 0.6 is 0 Å². The summed E-state index contributed by atoms with van der Waals surface area (Å²) in [4.78, 5) is 2.19. The number of benzene rings is 9. The van der Waals surface area contributed by atoms with Crippen molar-refractivity contribution in [2.75, 3.05) is 4.90 Å². The maximum Gasteiger partial charge on any atom is 0.172 e. The predicted molar refractivity (Wildman–Crippen MR) is 236 cm³/mol. The number of anilines is 3. The van der Waals surface area contributed by atoms with Crippen LogP contribution in [0.3, 0.4) is 0 Å². The maximum absolute atomic E-state index is 6.52. The van der Waals surface area contributed by atoms with Crippen LogP contribution in [0.1, 0.15) is 0 Å². The summed E-state index contributed by atoms with van der Waals surface area (Å²) in [6, 6.07) is 72.5. The Hall–Kier alpha value is -8.02. The molecule has 5 heteroatoms. The van der Waals surface area contributed by atoms with Gasteiger partial charge in [-0.25, -0.2) is 0 Å². The van der Waals surface area contributed by atoms with Gasteiger partial charge in [-0.15, -0.1) is 0 Å². The van der Waals surface area contributed by atoms with E-state index in [9.17, 15) is 0 Å². The Labute approximate surface area is 342 Å². The molecule has 0 atom stereocenters. The minimum atomic E-state index is 0.628. The largest absolute Gasteiger partial charge is 0.449 e. The molecule has 0 saturated carbocycles. The lowest BCUT2D eigenvalue weighted by atomic mass is 10.00. The second-order valence-corrected chi connectivity index (χ2v) is 14.6. The van der Waals surface area contributed by atoms with E-state index in [0.717, 1.165) is 50.4 Å². The lowest BCUT2D eigenvalue weighted by Crippen LogP contribution is -2.11. The van der Waals surface area contributed by atoms with Crippen molar-refractivity contribution in [3.8, 4) is 90.5 Å². The average molecular weight is 762 g/mol. The first kappa shape index (κ1) is 34.2. The van der Waals surface area contributed by atoms with Crippen LogP contribution in [-0.2, 0) is 0 Å². The first-order chi connectivity index (χ1) is 29.2. The third-order valence-corrected chi connectivity index (χ3v) is 10.8. The van der Waals surface area contributed by atoms with Crippen molar-refractivity contribution < 1.29 is 18.9 Å². The van der Waals surface area contributed by atoms with Gasteiger partial charge in [0.15, 0.2) is 46.0 Å². The van der Waals surface area contributed by atoms with Gasteiger partial charge in [0.05, 0.1) is 11.4 Å². The quantitative estimate of drug-likeness (QED) is 0.162. The SMILES string of the molecule is c1ccc(-c2ccc(-c3ccc(N(c4ccc5c(c4)Oc4ccc(-c6ccccc6)cc4O5)c4ccc5c(c4)Oc4ccc(-c6ccccc6)cc4O5)cc3)cc2)cc1. The van der Waals surface area contributed by atoms with Gasteiger partial charge >= 0.3 is 0 Å². The van der Waals surface area contributed by atoms with Crippen LogP contribution in [0.25, 0.3) is 44.5 Å². The molecule has 0 spiro atoms. The van der Waals surface area contributed by atoms with Gasteiger partial charge in [-0.3, -0.25) is 0 Å². The predicted octanol–water partition coefficient (Wildman–Crippen LogP) is 15.6. The van der Waals surface area contributed by atoms with Gasteiger partial charge < -0.3 is 23.8 Å². The zero-order chi connectivity index (χ0) is 39.1. The van der Waals surface area contributed by atoms with Crippen LogP contribution in [0, 0.1) is 0 Å². The lowest BCUT2D eigenvalue weighted by molar-refractivity contribution is 0.359. The molecule has 0 saturated heterocycles. The topological polar surface area (TPSA) is 40.2 Å². The van der Waals surface area contributed by atoms with E-state index in [1.54, 1.807) is 0 Å². The van der Waals surface area contributed by atoms with Gasteiger partial charge in [0.25, 0.3) is 0 Å². The van der Waals surface area contributed by atoms with E-state index in [1.165, 1.54) is 11.1 Å². The Balaban J connectivity index is 0.935. The van der Waals surface area contributed by atoms with Crippen molar-refractivity contribution in [3.63, 3.8) is 0 Å². The third-order valence-electron chi connectivity index (χ3n) is 10.8. The fraction of sp³-hybridized carbons (Fsp3) is 0. The normalized spacial score (nSPS) is 11.9. The fourth-order valence-corrected chi connectivity index (χ4v) is 7.77. The zero-order valence-corrected chi connectivity index (χ0v) is 31.8. The molecule has 11 rings (SSSR count). The third kappa shape index (κ3) is 6.61. The molecule has 9 aromatic rings. The molecule has 0 amide bonds. The van der Waals surface area contributed by atoms with E-state index < -0.39 is 0 Å². The van der Waals surface area contributed by atoms with E-state index in [4.69, 9.17) is 18.9 Å². The second-order valence-electron chi connectivity index (χ2n) is 14.6. The minimum Gasteiger partial charge on any atom is -0.449 e. The molecule has 0 fully saturated rings. The van der Waals surface area contributed by atoms with Gasteiger partial charge in [0, 0.05) is 17.8 Å². The van der Waals surface area contributed by atoms with Crippen LogP contribution in [0.15, 0.2) is 212 Å². The van der Waals surface area contributed by atoms with Crippen LogP contribution in [0.4, 0.5) is 17.1 Å². The van der Waals surface area contributed by atoms with Crippen molar-refractivity contribution >= 4 is 17.1 Å². The van der Waals surface area contributed by atoms with E-state index in [2.05, 4.69) is 126 Å². The van der Waals surface area contributed by atoms with Crippen LogP contribution < -0.4 is 23.8 Å². The molecular formula is C54H35NO4. The van der Waals surface area contributed by atoms with Gasteiger partial charge in [-0.05, 0) is 105 Å². The Morgan fingerprint density at radius 1 is 0.203 bits per heavy atom. The molecule has 2 heterocycles. The molecular weight excluding hydrogens is 727 g/mol. The standard InChI is InChI=1S/C54H35NO4/c1-4-10-36(11-5-1)39-16-18-40(19-17-39)41-20-24-44(25-21-41)55(45-26-30-49-53(34-45)58-47-28-22-42(32-51(47)56-49)37-12-6-2-7-13-37)46-27-31-50-54(35-46)59-48-29-23-43(33-52(48)57-50)38-14-8-3-9-15-38/h1-35H. The highest BCUT2D eigenvalue weighted by molar-refractivity contribution is 5.82. The first-order valence-corrected chi connectivity index (χ1v) is 19.6. The fourth-order valence-electron chi connectivity index (χ4n) is 7.77. The molecule has 0 unspecified atom stereocenters. The van der Waals surface area contributed by atoms with Crippen molar-refractivity contribution in [1.82, 2.24) is 0 Å². The molecule has 0 aliphatic carbocycles. The number of hydrogen-bond acceptors (Lipinski definition) is 5. The highest BCUT2D eigenvalue weighted by atomic mass is 16.6. The molecule has 9 aromatic carbocycles. The van der Waals surface area contributed by atoms with E-state index in [-0.39, 0.29) is 0 Å². The Kier molecular flexibility index (Phi) is 8.41. The molecule has 0 aromatic heterocycles. The van der Waals surface area contributed by atoms with Crippen molar-refractivity contribution in [1.29, 1.82) is 0 Å². The number of fused-ring (bicyclic) bond motifs is 4. The molecule has 2 aliphatic rings. The summed E-state index contributed by atoms with van der Waals surface area (Å²) in [6.45, 7) is 0. The Morgan fingerprint density at radius 2 is 0.475 bits per heavy atom. The number of nitrogens with zero attached hydrogens (tertiary/aromatic N) is 1. The molecule has 59 heavy (non-hydrogen) atoms. The molecule has 0 radical (unpaired) electrons. The molecule has 0 N–H and O–H groups in total. The summed E-state index contributed by atoms with van der Waals surface area (Å²) in [5.74, 6) is 5.24. The van der Waals surface area contributed by atoms with Crippen LogP contribution in [0.2, 0.25) is 0 Å². The highest BCUT2D eigenvalue weighted by Gasteiger charge is 2.25. The van der Waals surface area contributed by atoms with E-state index in [0.29, 0.717) is 46.0 Å². The number of hydrogen-bond donors (Lipinski definition) is 0. The number of ether oxygens (including phenoxy) is 4. The number of rotatable bonds is 7. The highest BCUT2D eigenvalue weighted by Crippen LogP contribution is 2.52. The zero-order valence-electron chi connectivity index (χ0n) is 31.8. The van der Waals surface area contributed by atoms with Gasteiger partial charge in [-0.1, -0.05) is 140 Å². The summed E-state index contributed by atoms with van der Waals surface area (Å²) in [5, 5.41) is 0. The van der Waals surface area contributed by atoms with Crippen molar-refractivity contribution in [2.45, 2.75) is 0 Å². The van der Waals surface area contributed by atoms with E-state index >= 15 is 0 Å². The summed E-state index contributed by atoms with van der Waals surface area (Å²) in [7, 11) is 0. The molecule has 5 nitrogen and oxygen atoms in total. The van der Waals surface area contributed by atoms with Gasteiger partial charge in [-0.2, -0.15) is 0 Å².